The van der Waals surface area contributed by atoms with Gasteiger partial charge in [0.25, 0.3) is 0 Å². The van der Waals surface area contributed by atoms with Crippen LogP contribution in [-0.2, 0) is 33.3 Å². The molecule has 11 heteroatoms. The minimum atomic E-state index is -1.36. The monoisotopic (exact) mass is 574 g/mol. The van der Waals surface area contributed by atoms with Crippen molar-refractivity contribution in [3.8, 4) is 0 Å². The van der Waals surface area contributed by atoms with Crippen molar-refractivity contribution in [2.75, 3.05) is 6.61 Å². The highest BCUT2D eigenvalue weighted by Gasteiger charge is 2.92. The Morgan fingerprint density at radius 3 is 2.32 bits per heavy atom. The zero-order valence-electron chi connectivity index (χ0n) is 23.9. The highest BCUT2D eigenvalue weighted by Crippen LogP contribution is 2.82. The molecule has 224 valence electrons. The van der Waals surface area contributed by atoms with Gasteiger partial charge in [-0.05, 0) is 30.4 Å². The van der Waals surface area contributed by atoms with E-state index in [0.29, 0.717) is 6.42 Å². The molecule has 1 aromatic rings. The van der Waals surface area contributed by atoms with E-state index in [-0.39, 0.29) is 31.5 Å². The zero-order chi connectivity index (χ0) is 29.5. The first-order valence-corrected chi connectivity index (χ1v) is 14.5. The van der Waals surface area contributed by atoms with Gasteiger partial charge in [-0.2, -0.15) is 0 Å². The largest absolute Gasteiger partial charge is 0.472 e. The smallest absolute Gasteiger partial charge is 0.303 e. The van der Waals surface area contributed by atoms with Gasteiger partial charge in [0.15, 0.2) is 18.2 Å². The summed E-state index contributed by atoms with van der Waals surface area (Å²) in [5.74, 6) is -3.56. The molecule has 14 atom stereocenters. The molecule has 3 N–H and O–H groups in total. The number of fused-ring (bicyclic) bond motifs is 1. The van der Waals surface area contributed by atoms with Crippen LogP contribution < -0.4 is 0 Å². The minimum absolute atomic E-state index is 0.0205. The lowest BCUT2D eigenvalue weighted by molar-refractivity contribution is -0.373. The Bertz CT molecular complexity index is 1310. The second-order valence-corrected chi connectivity index (χ2v) is 13.9. The Kier molecular flexibility index (Phi) is 5.50. The third-order valence-electron chi connectivity index (χ3n) is 12.6. The van der Waals surface area contributed by atoms with E-state index in [9.17, 15) is 24.9 Å². The Labute approximate surface area is 237 Å². The van der Waals surface area contributed by atoms with E-state index in [0.717, 1.165) is 5.56 Å². The summed E-state index contributed by atoms with van der Waals surface area (Å²) < 4.78 is 29.5. The van der Waals surface area contributed by atoms with Crippen LogP contribution in [0.15, 0.2) is 23.0 Å². The Hall–Kier alpha value is -2.31. The van der Waals surface area contributed by atoms with E-state index >= 15 is 4.79 Å². The maximum Gasteiger partial charge on any atom is 0.303 e. The van der Waals surface area contributed by atoms with Crippen molar-refractivity contribution in [2.24, 2.45) is 33.5 Å². The van der Waals surface area contributed by atoms with Crippen LogP contribution in [0.4, 0.5) is 0 Å². The summed E-state index contributed by atoms with van der Waals surface area (Å²) in [6.45, 7) is 7.85. The second kappa shape index (κ2) is 8.19. The number of aliphatic hydroxyl groups is 3. The number of carbonyl (C=O) groups is 3. The van der Waals surface area contributed by atoms with Crippen LogP contribution >= 0.6 is 0 Å². The van der Waals surface area contributed by atoms with Gasteiger partial charge in [0.2, 0.25) is 0 Å². The van der Waals surface area contributed by atoms with Crippen LogP contribution in [0.2, 0.25) is 0 Å². The first-order chi connectivity index (χ1) is 19.2. The van der Waals surface area contributed by atoms with Crippen molar-refractivity contribution in [1.82, 2.24) is 0 Å². The number of aliphatic hydroxyl groups excluding tert-OH is 3. The van der Waals surface area contributed by atoms with Crippen LogP contribution in [0, 0.1) is 33.5 Å². The van der Waals surface area contributed by atoms with E-state index in [1.54, 1.807) is 19.5 Å². The van der Waals surface area contributed by atoms with Gasteiger partial charge in [0.1, 0.15) is 11.7 Å². The van der Waals surface area contributed by atoms with Gasteiger partial charge in [-0.1, -0.05) is 20.8 Å². The lowest BCUT2D eigenvalue weighted by Crippen LogP contribution is -2.82. The first-order valence-electron chi connectivity index (χ1n) is 14.5. The third kappa shape index (κ3) is 2.85. The number of rotatable bonds is 3. The summed E-state index contributed by atoms with van der Waals surface area (Å²) in [5, 5.41) is 35.4. The molecule has 2 bridgehead atoms. The minimum Gasteiger partial charge on any atom is -0.472 e. The van der Waals surface area contributed by atoms with E-state index < -0.39 is 87.5 Å². The molecular formula is C30H38O11. The number of hydrogen-bond donors (Lipinski definition) is 3. The fourth-order valence-corrected chi connectivity index (χ4v) is 11.0. The molecule has 1 unspecified atom stereocenters. The average Bonchev–Trinajstić information content (AvgIpc) is 3.26. The molecule has 11 nitrogen and oxygen atoms in total. The maximum atomic E-state index is 15.0. The van der Waals surface area contributed by atoms with Gasteiger partial charge in [-0.25, -0.2) is 0 Å². The fourth-order valence-electron chi connectivity index (χ4n) is 11.0. The van der Waals surface area contributed by atoms with E-state index in [4.69, 9.17) is 23.4 Å². The predicted molar refractivity (Wildman–Crippen MR) is 137 cm³/mol. The molecule has 41 heavy (non-hydrogen) atoms. The molecule has 6 aliphatic rings. The number of hydrogen-bond acceptors (Lipinski definition) is 11. The van der Waals surface area contributed by atoms with Crippen LogP contribution in [0.25, 0.3) is 0 Å². The van der Waals surface area contributed by atoms with Gasteiger partial charge < -0.3 is 38.7 Å². The second-order valence-electron chi connectivity index (χ2n) is 13.9. The molecule has 1 spiro atoms. The Morgan fingerprint density at radius 2 is 1.68 bits per heavy atom. The van der Waals surface area contributed by atoms with Crippen molar-refractivity contribution in [2.45, 2.75) is 102 Å². The highest BCUT2D eigenvalue weighted by molar-refractivity contribution is 5.93. The van der Waals surface area contributed by atoms with E-state index in [1.165, 1.54) is 13.8 Å². The normalized spacial score (nSPS) is 54.7. The lowest BCUT2D eigenvalue weighted by Gasteiger charge is -2.73. The van der Waals surface area contributed by atoms with Crippen molar-refractivity contribution in [1.29, 1.82) is 0 Å². The molecular weight excluding hydrogens is 536 g/mol. The predicted octanol–water partition coefficient (Wildman–Crippen LogP) is 1.47. The van der Waals surface area contributed by atoms with Crippen molar-refractivity contribution in [3.05, 3.63) is 24.2 Å². The molecule has 0 amide bonds. The summed E-state index contributed by atoms with van der Waals surface area (Å²) in [6, 6.07) is 1.84. The number of carbonyl (C=O) groups excluding carboxylic acids is 3. The first kappa shape index (κ1) is 27.5. The molecule has 7 rings (SSSR count). The molecule has 1 aromatic heterocycles. The molecule has 0 aromatic carbocycles. The van der Waals surface area contributed by atoms with Crippen molar-refractivity contribution in [3.63, 3.8) is 0 Å². The molecule has 2 saturated heterocycles. The summed E-state index contributed by atoms with van der Waals surface area (Å²) in [4.78, 5) is 39.7. The number of epoxide rings is 1. The van der Waals surface area contributed by atoms with Crippen LogP contribution in [0.3, 0.4) is 0 Å². The van der Waals surface area contributed by atoms with E-state index in [2.05, 4.69) is 0 Å². The molecule has 2 aliphatic heterocycles. The number of ketones is 1. The van der Waals surface area contributed by atoms with Gasteiger partial charge in [0, 0.05) is 42.9 Å². The number of furan rings is 1. The van der Waals surface area contributed by atoms with Crippen LogP contribution in [0.1, 0.15) is 65.4 Å². The zero-order valence-corrected chi connectivity index (χ0v) is 23.9. The summed E-state index contributed by atoms with van der Waals surface area (Å²) >= 11 is 0. The summed E-state index contributed by atoms with van der Waals surface area (Å²) in [5.41, 5.74) is -4.93. The highest BCUT2D eigenvalue weighted by atomic mass is 16.6. The Balaban J connectivity index is 1.44. The van der Waals surface area contributed by atoms with Gasteiger partial charge in [-0.15, -0.1) is 0 Å². The molecule has 3 heterocycles. The summed E-state index contributed by atoms with van der Waals surface area (Å²) in [7, 11) is 0. The lowest BCUT2D eigenvalue weighted by atomic mass is 9.33. The average molecular weight is 575 g/mol. The number of Topliss-reactive ketones (excluding diaryl/α,β-unsaturated/α-hetero) is 1. The molecule has 6 fully saturated rings. The quantitative estimate of drug-likeness (QED) is 0.354. The molecule has 4 saturated carbocycles. The number of esters is 2. The maximum absolute atomic E-state index is 15.0. The fraction of sp³-hybridized carbons (Fsp3) is 0.767. The standard InChI is InChI=1S/C30H38O11/c1-13(31)39-20-10-19(34)29-12-38-25(36)26(20,3)17(29)9-18(33)28(5)23(29)22(35)24(40-14(2)32)27(4)16(15-6-7-37-11-15)8-21-30(27,28)41-21/h6-7,11,16-21,23-25,33-34,36H,8-10,12H2,1-5H3/t16-,17+,18+,19+,20+,21-,23+,24-,25+,26?,27+,28-,29-,30-/m0/s1. The summed E-state index contributed by atoms with van der Waals surface area (Å²) in [6.07, 6.45) is -2.27. The van der Waals surface area contributed by atoms with Gasteiger partial charge >= 0.3 is 11.9 Å². The van der Waals surface area contributed by atoms with Gasteiger partial charge in [-0.3, -0.25) is 14.4 Å². The Morgan fingerprint density at radius 1 is 0.976 bits per heavy atom. The SMILES string of the molecule is CC(=O)O[C@@H]1C[C@@H](O)[C@]23CO[C@@H](O)C1(C)[C@H]2C[C@@H](O)[C@@]1(C)[C@H]3C(=O)[C@H](OC(C)=O)[C@@]2(C)[C@H](c3ccoc3)C[C@@H]3O[C@@]321. The number of ether oxygens (including phenoxy) is 4. The van der Waals surface area contributed by atoms with Crippen LogP contribution in [-0.4, -0.2) is 82.1 Å². The van der Waals surface area contributed by atoms with Gasteiger partial charge in [0.05, 0.1) is 48.3 Å². The molecule has 0 radical (unpaired) electrons. The van der Waals surface area contributed by atoms with Crippen molar-refractivity contribution >= 4 is 17.7 Å². The van der Waals surface area contributed by atoms with Crippen LogP contribution in [0.5, 0.6) is 0 Å². The van der Waals surface area contributed by atoms with E-state index in [1.807, 2.05) is 19.9 Å². The third-order valence-corrected chi connectivity index (χ3v) is 12.6. The molecule has 4 aliphatic carbocycles. The van der Waals surface area contributed by atoms with Crippen molar-refractivity contribution < 1.29 is 53.1 Å². The topological polar surface area (TPSA) is 165 Å².